The van der Waals surface area contributed by atoms with E-state index in [1.807, 2.05) is 18.2 Å². The van der Waals surface area contributed by atoms with Crippen molar-refractivity contribution in [1.82, 2.24) is 5.32 Å². The Morgan fingerprint density at radius 1 is 1.33 bits per heavy atom. The van der Waals surface area contributed by atoms with Crippen molar-refractivity contribution in [2.75, 3.05) is 5.33 Å². The number of carbonyl (C=O) groups excluding carboxylic acids is 1. The maximum atomic E-state index is 11.9. The van der Waals surface area contributed by atoms with Crippen LogP contribution in [-0.2, 0) is 11.2 Å². The minimum absolute atomic E-state index is 0.0860. The summed E-state index contributed by atoms with van der Waals surface area (Å²) in [5.74, 6) is 0.143. The predicted molar refractivity (Wildman–Crippen MR) is 80.0 cm³/mol. The molecule has 0 spiro atoms. The molecule has 18 heavy (non-hydrogen) atoms. The highest BCUT2D eigenvalue weighted by atomic mass is 79.9. The molecule has 0 aromatic heterocycles. The summed E-state index contributed by atoms with van der Waals surface area (Å²) in [5.41, 5.74) is 1.13. The second-order valence-electron chi connectivity index (χ2n) is 4.89. The molecule has 1 unspecified atom stereocenters. The lowest BCUT2D eigenvalue weighted by atomic mass is 9.95. The van der Waals surface area contributed by atoms with E-state index in [0.717, 1.165) is 24.6 Å². The Morgan fingerprint density at radius 2 is 2.00 bits per heavy atom. The molecule has 0 radical (unpaired) electrons. The molecule has 0 aliphatic rings. The Balaban J connectivity index is 2.41. The maximum absolute atomic E-state index is 11.9. The smallest absolute Gasteiger partial charge is 0.220 e. The largest absolute Gasteiger partial charge is 0.351 e. The molecule has 2 nitrogen and oxygen atoms in total. The summed E-state index contributed by atoms with van der Waals surface area (Å²) in [6, 6.07) is 10.1. The topological polar surface area (TPSA) is 29.1 Å². The fourth-order valence-electron chi connectivity index (χ4n) is 1.84. The summed E-state index contributed by atoms with van der Waals surface area (Å²) in [6.07, 6.45) is 3.28. The number of nitrogens with one attached hydrogen (secondary N) is 1. The molecule has 1 N–H and O–H groups in total. The van der Waals surface area contributed by atoms with Crippen LogP contribution in [0.4, 0.5) is 0 Å². The van der Waals surface area contributed by atoms with Gasteiger partial charge >= 0.3 is 0 Å². The van der Waals surface area contributed by atoms with Gasteiger partial charge in [-0.25, -0.2) is 0 Å². The molecule has 0 saturated carbocycles. The van der Waals surface area contributed by atoms with Gasteiger partial charge in [-0.05, 0) is 31.7 Å². The van der Waals surface area contributed by atoms with Gasteiger partial charge in [0.2, 0.25) is 5.91 Å². The molecule has 0 aliphatic heterocycles. The van der Waals surface area contributed by atoms with E-state index in [1.165, 1.54) is 5.56 Å². The van der Waals surface area contributed by atoms with Gasteiger partial charge in [0.1, 0.15) is 0 Å². The summed E-state index contributed by atoms with van der Waals surface area (Å²) in [6.45, 7) is 4.22. The first kappa shape index (κ1) is 15.2. The van der Waals surface area contributed by atoms with Gasteiger partial charge in [0, 0.05) is 17.3 Å². The van der Waals surface area contributed by atoms with Crippen LogP contribution in [0.3, 0.4) is 0 Å². The van der Waals surface area contributed by atoms with E-state index >= 15 is 0 Å². The second-order valence-corrected chi connectivity index (χ2v) is 5.68. The lowest BCUT2D eigenvalue weighted by Gasteiger charge is -2.29. The molecule has 1 rings (SSSR count). The number of aryl methyl sites for hydroxylation is 1. The number of hydrogen-bond donors (Lipinski definition) is 1. The third kappa shape index (κ3) is 5.21. The molecule has 0 fully saturated rings. The van der Waals surface area contributed by atoms with Crippen LogP contribution < -0.4 is 5.32 Å². The van der Waals surface area contributed by atoms with Gasteiger partial charge in [-0.15, -0.1) is 0 Å². The van der Waals surface area contributed by atoms with Crippen LogP contribution in [0.1, 0.15) is 38.7 Å². The minimum Gasteiger partial charge on any atom is -0.351 e. The van der Waals surface area contributed by atoms with E-state index in [-0.39, 0.29) is 11.4 Å². The normalized spacial score (nSPS) is 13.9. The van der Waals surface area contributed by atoms with Crippen molar-refractivity contribution < 1.29 is 4.79 Å². The third-order valence-corrected chi connectivity index (χ3v) is 3.75. The summed E-state index contributed by atoms with van der Waals surface area (Å²) < 4.78 is 0. The molecular formula is C15H22BrNO. The van der Waals surface area contributed by atoms with Crippen LogP contribution in [0, 0.1) is 0 Å². The van der Waals surface area contributed by atoms with Crippen molar-refractivity contribution in [1.29, 1.82) is 0 Å². The van der Waals surface area contributed by atoms with Gasteiger partial charge < -0.3 is 5.32 Å². The molecule has 0 bridgehead atoms. The van der Waals surface area contributed by atoms with Crippen LogP contribution in [0.5, 0.6) is 0 Å². The number of rotatable bonds is 7. The number of hydrogen-bond acceptors (Lipinski definition) is 1. The average Bonchev–Trinajstić information content (AvgIpc) is 2.38. The van der Waals surface area contributed by atoms with Crippen LogP contribution in [-0.4, -0.2) is 16.8 Å². The summed E-state index contributed by atoms with van der Waals surface area (Å²) >= 11 is 3.44. The Bertz CT molecular complexity index is 366. The summed E-state index contributed by atoms with van der Waals surface area (Å²) in [7, 11) is 0. The van der Waals surface area contributed by atoms with E-state index in [0.29, 0.717) is 6.42 Å². The first-order valence-electron chi connectivity index (χ1n) is 6.50. The number of carbonyl (C=O) groups is 1. The van der Waals surface area contributed by atoms with Crippen LogP contribution >= 0.6 is 15.9 Å². The molecule has 1 aromatic carbocycles. The first-order chi connectivity index (χ1) is 8.59. The standard InChI is InChI=1S/C15H22BrNO/c1-3-15(2,11-12-16)17-14(18)10-9-13-7-5-4-6-8-13/h4-8H,3,9-12H2,1-2H3,(H,17,18). The predicted octanol–water partition coefficient (Wildman–Crippen LogP) is 3.69. The van der Waals surface area contributed by atoms with Crippen molar-refractivity contribution in [3.63, 3.8) is 0 Å². The highest BCUT2D eigenvalue weighted by molar-refractivity contribution is 9.09. The molecule has 3 heteroatoms. The number of alkyl halides is 1. The average molecular weight is 312 g/mol. The molecule has 0 saturated heterocycles. The number of amides is 1. The minimum atomic E-state index is -0.0860. The maximum Gasteiger partial charge on any atom is 0.220 e. The first-order valence-corrected chi connectivity index (χ1v) is 7.62. The third-order valence-electron chi connectivity index (χ3n) is 3.35. The fourth-order valence-corrected chi connectivity index (χ4v) is 2.71. The summed E-state index contributed by atoms with van der Waals surface area (Å²) in [5, 5.41) is 4.06. The van der Waals surface area contributed by atoms with Crippen molar-refractivity contribution in [3.8, 4) is 0 Å². The van der Waals surface area contributed by atoms with Crippen LogP contribution in [0.15, 0.2) is 30.3 Å². The highest BCUT2D eigenvalue weighted by Crippen LogP contribution is 2.16. The Labute approximate surface area is 118 Å². The molecular weight excluding hydrogens is 290 g/mol. The molecule has 0 heterocycles. The zero-order valence-electron chi connectivity index (χ0n) is 11.2. The highest BCUT2D eigenvalue weighted by Gasteiger charge is 2.22. The quantitative estimate of drug-likeness (QED) is 0.764. The van der Waals surface area contributed by atoms with Crippen molar-refractivity contribution in [2.24, 2.45) is 0 Å². The van der Waals surface area contributed by atoms with E-state index in [1.54, 1.807) is 0 Å². The molecule has 0 aliphatic carbocycles. The van der Waals surface area contributed by atoms with E-state index in [4.69, 9.17) is 0 Å². The van der Waals surface area contributed by atoms with Crippen molar-refractivity contribution in [2.45, 2.75) is 45.1 Å². The Morgan fingerprint density at radius 3 is 2.56 bits per heavy atom. The lowest BCUT2D eigenvalue weighted by molar-refractivity contribution is -0.122. The van der Waals surface area contributed by atoms with E-state index in [2.05, 4.69) is 47.2 Å². The van der Waals surface area contributed by atoms with Crippen molar-refractivity contribution in [3.05, 3.63) is 35.9 Å². The summed E-state index contributed by atoms with van der Waals surface area (Å²) in [4.78, 5) is 11.9. The van der Waals surface area contributed by atoms with Crippen LogP contribution in [0.2, 0.25) is 0 Å². The Kier molecular flexibility index (Phi) is 6.41. The van der Waals surface area contributed by atoms with Gasteiger partial charge in [0.05, 0.1) is 0 Å². The van der Waals surface area contributed by atoms with Gasteiger partial charge in [-0.1, -0.05) is 53.2 Å². The second kappa shape index (κ2) is 7.57. The number of halogens is 1. The number of benzene rings is 1. The van der Waals surface area contributed by atoms with Gasteiger partial charge in [0.15, 0.2) is 0 Å². The van der Waals surface area contributed by atoms with Crippen LogP contribution in [0.25, 0.3) is 0 Å². The zero-order valence-corrected chi connectivity index (χ0v) is 12.8. The molecule has 1 atom stereocenters. The molecule has 1 amide bonds. The van der Waals surface area contributed by atoms with E-state index in [9.17, 15) is 4.79 Å². The molecule has 100 valence electrons. The van der Waals surface area contributed by atoms with Gasteiger partial charge in [-0.3, -0.25) is 4.79 Å². The SMILES string of the molecule is CCC(C)(CCBr)NC(=O)CCc1ccccc1. The fraction of sp³-hybridized carbons (Fsp3) is 0.533. The monoisotopic (exact) mass is 311 g/mol. The van der Waals surface area contributed by atoms with Gasteiger partial charge in [-0.2, -0.15) is 0 Å². The zero-order chi connectivity index (χ0) is 13.4. The Hall–Kier alpha value is -0.830. The van der Waals surface area contributed by atoms with Gasteiger partial charge in [0.25, 0.3) is 0 Å². The van der Waals surface area contributed by atoms with E-state index < -0.39 is 0 Å². The van der Waals surface area contributed by atoms with Crippen molar-refractivity contribution >= 4 is 21.8 Å². The lowest BCUT2D eigenvalue weighted by Crippen LogP contribution is -2.45. The molecule has 1 aromatic rings.